The average molecular weight is 749 g/mol. The summed E-state index contributed by atoms with van der Waals surface area (Å²) in [5.74, 6) is -0.626. The Morgan fingerprint density at radius 3 is 1.91 bits per heavy atom. The van der Waals surface area contributed by atoms with Gasteiger partial charge >= 0.3 is 23.9 Å². The van der Waals surface area contributed by atoms with Gasteiger partial charge in [0.05, 0.1) is 38.3 Å². The van der Waals surface area contributed by atoms with Gasteiger partial charge < -0.3 is 28.6 Å². The summed E-state index contributed by atoms with van der Waals surface area (Å²) in [4.78, 5) is 58.2. The predicted molar refractivity (Wildman–Crippen MR) is 204 cm³/mol. The molecule has 0 N–H and O–H groups in total. The zero-order valence-corrected chi connectivity index (χ0v) is 30.2. The summed E-state index contributed by atoms with van der Waals surface area (Å²) >= 11 is 0. The summed E-state index contributed by atoms with van der Waals surface area (Å²) in [5.41, 5.74) is 2.47. The molecule has 13 nitrogen and oxygen atoms in total. The first kappa shape index (κ1) is 40.9. The number of ether oxygens (including phenoxy) is 5. The van der Waals surface area contributed by atoms with Gasteiger partial charge in [-0.25, -0.2) is 19.2 Å². The number of hydrogen-bond acceptors (Lipinski definition) is 13. The standard InChI is InChI=1S/C42H40N2O11/c1-4-39(45)51-25-9-7-6-8-24-50-34-21-15-33(16-22-34)41(47)54-36-17-10-30(11-18-36)27-43-44-28-32-14-23-38(37(26-32)42(48)49-3)55-52-29-31-12-19-35(20-13-31)53-40(46)5-2/h4-5,10-23,26-28H,1-2,6-9,24-25,29H2,3H3. The molecule has 4 rings (SSSR count). The normalized spacial score (nSPS) is 10.8. The van der Waals surface area contributed by atoms with Gasteiger partial charge in [-0.2, -0.15) is 15.1 Å². The molecular formula is C42H40N2O11. The third-order valence-electron chi connectivity index (χ3n) is 7.47. The molecule has 4 aromatic rings. The maximum atomic E-state index is 12.7. The Kier molecular flexibility index (Phi) is 16.6. The van der Waals surface area contributed by atoms with Gasteiger partial charge in [-0.3, -0.25) is 0 Å². The van der Waals surface area contributed by atoms with Crippen LogP contribution in [0.5, 0.6) is 23.0 Å². The van der Waals surface area contributed by atoms with Crippen molar-refractivity contribution in [3.63, 3.8) is 0 Å². The van der Waals surface area contributed by atoms with Gasteiger partial charge in [0.2, 0.25) is 0 Å². The molecule has 55 heavy (non-hydrogen) atoms. The monoisotopic (exact) mass is 748 g/mol. The number of rotatable bonds is 21. The van der Waals surface area contributed by atoms with Gasteiger partial charge in [0.25, 0.3) is 0 Å². The highest BCUT2D eigenvalue weighted by atomic mass is 17.2. The number of carbonyl (C=O) groups excluding carboxylic acids is 4. The van der Waals surface area contributed by atoms with Crippen LogP contribution in [0.15, 0.2) is 127 Å². The first-order valence-electron chi connectivity index (χ1n) is 17.1. The van der Waals surface area contributed by atoms with E-state index in [-0.39, 0.29) is 17.9 Å². The first-order valence-corrected chi connectivity index (χ1v) is 17.1. The second-order valence-corrected chi connectivity index (χ2v) is 11.5. The summed E-state index contributed by atoms with van der Waals surface area (Å²) < 4.78 is 26.1. The van der Waals surface area contributed by atoms with E-state index in [4.69, 9.17) is 33.5 Å². The van der Waals surface area contributed by atoms with Crippen LogP contribution in [0.3, 0.4) is 0 Å². The summed E-state index contributed by atoms with van der Waals surface area (Å²) in [6, 6.07) is 24.8. The molecule has 0 aliphatic heterocycles. The van der Waals surface area contributed by atoms with E-state index in [2.05, 4.69) is 23.4 Å². The van der Waals surface area contributed by atoms with Crippen LogP contribution in [0.1, 0.15) is 63.1 Å². The molecule has 0 amide bonds. The van der Waals surface area contributed by atoms with E-state index in [1.807, 2.05) is 0 Å². The molecule has 0 aliphatic carbocycles. The smallest absolute Gasteiger partial charge is 0.343 e. The van der Waals surface area contributed by atoms with Crippen LogP contribution < -0.4 is 19.1 Å². The Hall–Kier alpha value is -6.86. The van der Waals surface area contributed by atoms with E-state index in [0.29, 0.717) is 47.2 Å². The molecule has 0 radical (unpaired) electrons. The lowest BCUT2D eigenvalue weighted by Gasteiger charge is -2.10. The van der Waals surface area contributed by atoms with E-state index < -0.39 is 23.9 Å². The molecule has 0 spiro atoms. The lowest BCUT2D eigenvalue weighted by atomic mass is 10.1. The molecule has 0 aromatic heterocycles. The van der Waals surface area contributed by atoms with Crippen molar-refractivity contribution in [3.05, 3.63) is 144 Å². The van der Waals surface area contributed by atoms with Gasteiger partial charge in [-0.1, -0.05) is 25.3 Å². The summed E-state index contributed by atoms with van der Waals surface area (Å²) in [7, 11) is 1.25. The third-order valence-corrected chi connectivity index (χ3v) is 7.47. The molecule has 0 saturated carbocycles. The molecule has 0 unspecified atom stereocenters. The van der Waals surface area contributed by atoms with Crippen LogP contribution >= 0.6 is 0 Å². The first-order chi connectivity index (χ1) is 26.8. The van der Waals surface area contributed by atoms with Gasteiger partial charge in [0, 0.05) is 12.2 Å². The van der Waals surface area contributed by atoms with Crippen LogP contribution in [0.2, 0.25) is 0 Å². The van der Waals surface area contributed by atoms with E-state index in [9.17, 15) is 19.2 Å². The maximum absolute atomic E-state index is 12.7. The fourth-order valence-corrected chi connectivity index (χ4v) is 4.60. The Morgan fingerprint density at radius 2 is 1.24 bits per heavy atom. The highest BCUT2D eigenvalue weighted by Gasteiger charge is 2.15. The Balaban J connectivity index is 1.20. The zero-order chi connectivity index (χ0) is 39.3. The molecule has 0 aliphatic rings. The Labute approximate surface area is 318 Å². The van der Waals surface area contributed by atoms with Crippen LogP contribution in [0.25, 0.3) is 0 Å². The quantitative estimate of drug-likeness (QED) is 0.0159. The largest absolute Gasteiger partial charge is 0.494 e. The molecular weight excluding hydrogens is 708 g/mol. The summed E-state index contributed by atoms with van der Waals surface area (Å²) in [6.07, 6.45) is 8.69. The fourth-order valence-electron chi connectivity index (χ4n) is 4.60. The molecule has 0 bridgehead atoms. The molecule has 0 fully saturated rings. The van der Waals surface area contributed by atoms with E-state index in [1.54, 1.807) is 78.9 Å². The SMILES string of the molecule is C=CC(=O)OCCCCCCOc1ccc(C(=O)Oc2ccc(C=NN=Cc3ccc(OOCc4ccc(OC(=O)C=C)cc4)c(C(=O)OC)c3)cc2)cc1. The molecule has 0 saturated heterocycles. The lowest BCUT2D eigenvalue weighted by Crippen LogP contribution is -2.08. The second kappa shape index (κ2) is 22.3. The minimum atomic E-state index is -0.640. The van der Waals surface area contributed by atoms with Gasteiger partial charge in [0.15, 0.2) is 5.75 Å². The van der Waals surface area contributed by atoms with E-state index >= 15 is 0 Å². The van der Waals surface area contributed by atoms with Crippen molar-refractivity contribution < 1.29 is 52.6 Å². The number of esters is 4. The summed E-state index contributed by atoms with van der Waals surface area (Å²) in [5, 5.41) is 8.12. The maximum Gasteiger partial charge on any atom is 0.343 e. The fraction of sp³-hybridized carbons (Fsp3) is 0.190. The molecule has 0 heterocycles. The number of methoxy groups -OCH3 is 1. The van der Waals surface area contributed by atoms with Crippen molar-refractivity contribution in [1.82, 2.24) is 0 Å². The summed E-state index contributed by atoms with van der Waals surface area (Å²) in [6.45, 7) is 7.68. The van der Waals surface area contributed by atoms with Crippen LogP contribution in [0.4, 0.5) is 0 Å². The zero-order valence-electron chi connectivity index (χ0n) is 30.2. The van der Waals surface area contributed by atoms with Crippen molar-refractivity contribution in [1.29, 1.82) is 0 Å². The Morgan fingerprint density at radius 1 is 0.636 bits per heavy atom. The molecule has 13 heteroatoms. The minimum Gasteiger partial charge on any atom is -0.494 e. The van der Waals surface area contributed by atoms with Crippen LogP contribution in [-0.4, -0.2) is 56.6 Å². The highest BCUT2D eigenvalue weighted by Crippen LogP contribution is 2.22. The molecule has 284 valence electrons. The van der Waals surface area contributed by atoms with Crippen molar-refractivity contribution in [2.24, 2.45) is 10.2 Å². The number of benzene rings is 4. The number of unbranched alkanes of at least 4 members (excludes halogenated alkanes) is 3. The third kappa shape index (κ3) is 14.2. The molecule has 4 aromatic carbocycles. The van der Waals surface area contributed by atoms with Gasteiger partial charge in [-0.05, 0) is 121 Å². The van der Waals surface area contributed by atoms with Gasteiger partial charge in [0.1, 0.15) is 29.4 Å². The van der Waals surface area contributed by atoms with Crippen molar-refractivity contribution in [2.75, 3.05) is 20.3 Å². The van der Waals surface area contributed by atoms with Crippen molar-refractivity contribution >= 4 is 36.3 Å². The highest BCUT2D eigenvalue weighted by molar-refractivity contribution is 5.95. The second-order valence-electron chi connectivity index (χ2n) is 11.5. The average Bonchev–Trinajstić information content (AvgIpc) is 3.21. The minimum absolute atomic E-state index is 0.0465. The number of nitrogens with zero attached hydrogens (tertiary/aromatic N) is 2. The number of hydrogen-bond donors (Lipinski definition) is 0. The molecule has 0 atom stereocenters. The Bertz CT molecular complexity index is 1970. The van der Waals surface area contributed by atoms with Gasteiger partial charge in [-0.15, -0.1) is 0 Å². The van der Waals surface area contributed by atoms with E-state index in [1.165, 1.54) is 31.7 Å². The topological polar surface area (TPSA) is 158 Å². The van der Waals surface area contributed by atoms with Crippen LogP contribution in [0, 0.1) is 0 Å². The van der Waals surface area contributed by atoms with Crippen molar-refractivity contribution in [3.8, 4) is 23.0 Å². The van der Waals surface area contributed by atoms with E-state index in [0.717, 1.165) is 43.4 Å². The van der Waals surface area contributed by atoms with Crippen molar-refractivity contribution in [2.45, 2.75) is 32.3 Å². The number of carbonyl (C=O) groups is 4. The van der Waals surface area contributed by atoms with Crippen LogP contribution in [-0.2, 0) is 30.6 Å². The predicted octanol–water partition coefficient (Wildman–Crippen LogP) is 7.42. The lowest BCUT2D eigenvalue weighted by molar-refractivity contribution is -0.217.